The van der Waals surface area contributed by atoms with E-state index < -0.39 is 0 Å². The molecule has 0 saturated heterocycles. The molecule has 0 aliphatic heterocycles. The first kappa shape index (κ1) is 19.6. The lowest BCUT2D eigenvalue weighted by molar-refractivity contribution is 0.413. The van der Waals surface area contributed by atoms with E-state index in [0.29, 0.717) is 41.0 Å². The summed E-state index contributed by atoms with van der Waals surface area (Å²) in [6, 6.07) is 20.0. The molecule has 0 spiro atoms. The van der Waals surface area contributed by atoms with E-state index in [1.165, 1.54) is 6.07 Å². The van der Waals surface area contributed by atoms with Crippen molar-refractivity contribution >= 4 is 22.5 Å². The minimum absolute atomic E-state index is 0.267. The van der Waals surface area contributed by atoms with Crippen LogP contribution in [0.3, 0.4) is 0 Å². The highest BCUT2D eigenvalue weighted by Crippen LogP contribution is 2.30. The summed E-state index contributed by atoms with van der Waals surface area (Å²) in [5, 5.41) is 8.78. The fraction of sp³-hybridized carbons (Fsp3) is 0.0833. The van der Waals surface area contributed by atoms with Gasteiger partial charge >= 0.3 is 0 Å². The summed E-state index contributed by atoms with van der Waals surface area (Å²) in [6.07, 6.45) is 3.28. The minimum atomic E-state index is -0.267. The molecule has 0 aliphatic rings. The van der Waals surface area contributed by atoms with Crippen LogP contribution < -0.4 is 10.1 Å². The molecule has 158 valence electrons. The molecular formula is C24H19FN6O. The first-order valence-corrected chi connectivity index (χ1v) is 10.0. The third kappa shape index (κ3) is 3.74. The Morgan fingerprint density at radius 2 is 1.78 bits per heavy atom. The van der Waals surface area contributed by atoms with Gasteiger partial charge in [0.05, 0.1) is 25.4 Å². The van der Waals surface area contributed by atoms with E-state index in [9.17, 15) is 4.39 Å². The topological polar surface area (TPSA) is 77.8 Å². The Labute approximate surface area is 183 Å². The van der Waals surface area contributed by atoms with E-state index in [2.05, 4.69) is 20.3 Å². The number of hydrogen-bond donors (Lipinski definition) is 1. The maximum atomic E-state index is 14.3. The van der Waals surface area contributed by atoms with Crippen LogP contribution in [0.4, 0.5) is 16.0 Å². The number of pyridine rings is 1. The standard InChI is InChI=1S/C24H19FN6O/c1-32-20-14-27-24(29-23(20)28-21-12-6-7-13-26-21)22-17-9-3-5-11-19(17)31(30-22)15-16-8-2-4-10-18(16)25/h2-14H,15H2,1H3,(H,26,27,28,29). The van der Waals surface area contributed by atoms with E-state index in [1.54, 1.807) is 36.3 Å². The number of hydrogen-bond acceptors (Lipinski definition) is 6. The number of fused-ring (bicyclic) bond motifs is 1. The summed E-state index contributed by atoms with van der Waals surface area (Å²) in [5.41, 5.74) is 2.02. The lowest BCUT2D eigenvalue weighted by atomic mass is 10.2. The Morgan fingerprint density at radius 1 is 0.969 bits per heavy atom. The molecule has 7 nitrogen and oxygen atoms in total. The molecule has 32 heavy (non-hydrogen) atoms. The van der Waals surface area contributed by atoms with Gasteiger partial charge in [0.15, 0.2) is 17.4 Å². The number of nitrogens with one attached hydrogen (secondary N) is 1. The lowest BCUT2D eigenvalue weighted by Crippen LogP contribution is -2.05. The van der Waals surface area contributed by atoms with Gasteiger partial charge in [-0.25, -0.2) is 19.3 Å². The molecule has 8 heteroatoms. The Kier molecular flexibility index (Phi) is 5.17. The number of halogens is 1. The smallest absolute Gasteiger partial charge is 0.183 e. The molecule has 0 aliphatic carbocycles. The molecule has 1 N–H and O–H groups in total. The van der Waals surface area contributed by atoms with Crippen LogP contribution in [0.5, 0.6) is 5.75 Å². The summed E-state index contributed by atoms with van der Waals surface area (Å²) in [6.45, 7) is 0.294. The largest absolute Gasteiger partial charge is 0.491 e. The van der Waals surface area contributed by atoms with Crippen molar-refractivity contribution in [1.29, 1.82) is 0 Å². The second kappa shape index (κ2) is 8.43. The lowest BCUT2D eigenvalue weighted by Gasteiger charge is -2.10. The second-order valence-corrected chi connectivity index (χ2v) is 7.07. The van der Waals surface area contributed by atoms with Crippen molar-refractivity contribution in [1.82, 2.24) is 24.7 Å². The van der Waals surface area contributed by atoms with Gasteiger partial charge in [-0.1, -0.05) is 42.5 Å². The Hall–Kier alpha value is -4.33. The molecule has 0 amide bonds. The fourth-order valence-corrected chi connectivity index (χ4v) is 3.48. The van der Waals surface area contributed by atoms with Gasteiger partial charge in [0.25, 0.3) is 0 Å². The van der Waals surface area contributed by atoms with Gasteiger partial charge in [0, 0.05) is 17.1 Å². The molecule has 0 radical (unpaired) electrons. The zero-order valence-corrected chi connectivity index (χ0v) is 17.2. The first-order valence-electron chi connectivity index (χ1n) is 10.0. The number of para-hydroxylation sites is 1. The van der Waals surface area contributed by atoms with Gasteiger partial charge in [0.1, 0.15) is 17.3 Å². The Morgan fingerprint density at radius 3 is 2.59 bits per heavy atom. The molecule has 3 aromatic heterocycles. The van der Waals surface area contributed by atoms with Crippen molar-refractivity contribution in [2.75, 3.05) is 12.4 Å². The number of anilines is 2. The molecule has 2 aromatic carbocycles. The molecule has 5 aromatic rings. The molecule has 3 heterocycles. The average molecular weight is 426 g/mol. The van der Waals surface area contributed by atoms with Crippen molar-refractivity contribution in [2.24, 2.45) is 0 Å². The molecule has 0 atom stereocenters. The third-order valence-corrected chi connectivity index (χ3v) is 5.03. The summed E-state index contributed by atoms with van der Waals surface area (Å²) >= 11 is 0. The van der Waals surface area contributed by atoms with E-state index in [-0.39, 0.29) is 5.82 Å². The number of methoxy groups -OCH3 is 1. The van der Waals surface area contributed by atoms with Crippen LogP contribution in [0.15, 0.2) is 79.1 Å². The molecule has 0 fully saturated rings. The zero-order chi connectivity index (χ0) is 21.9. The first-order chi connectivity index (χ1) is 15.7. The van der Waals surface area contributed by atoms with Crippen molar-refractivity contribution in [3.05, 3.63) is 90.5 Å². The van der Waals surface area contributed by atoms with Crippen LogP contribution in [-0.4, -0.2) is 31.8 Å². The SMILES string of the molecule is COc1cnc(-c2nn(Cc3ccccc3F)c3ccccc23)nc1Nc1ccccn1. The average Bonchev–Trinajstić information content (AvgIpc) is 3.20. The quantitative estimate of drug-likeness (QED) is 0.419. The number of nitrogens with zero attached hydrogens (tertiary/aromatic N) is 5. The van der Waals surface area contributed by atoms with Crippen LogP contribution in [0, 0.1) is 5.82 Å². The molecule has 0 unspecified atom stereocenters. The second-order valence-electron chi connectivity index (χ2n) is 7.07. The molecular weight excluding hydrogens is 407 g/mol. The van der Waals surface area contributed by atoms with E-state index in [1.807, 2.05) is 48.5 Å². The van der Waals surface area contributed by atoms with E-state index >= 15 is 0 Å². The summed E-state index contributed by atoms with van der Waals surface area (Å²) in [7, 11) is 1.56. The monoisotopic (exact) mass is 426 g/mol. The van der Waals surface area contributed by atoms with Crippen LogP contribution >= 0.6 is 0 Å². The van der Waals surface area contributed by atoms with Gasteiger partial charge in [-0.2, -0.15) is 5.10 Å². The van der Waals surface area contributed by atoms with E-state index in [4.69, 9.17) is 9.84 Å². The van der Waals surface area contributed by atoms with Crippen molar-refractivity contribution in [2.45, 2.75) is 6.54 Å². The minimum Gasteiger partial charge on any atom is -0.491 e. The molecule has 5 rings (SSSR count). The maximum absolute atomic E-state index is 14.3. The van der Waals surface area contributed by atoms with Gasteiger partial charge in [-0.3, -0.25) is 4.68 Å². The van der Waals surface area contributed by atoms with Crippen LogP contribution in [0.2, 0.25) is 0 Å². The predicted octanol–water partition coefficient (Wildman–Crippen LogP) is 4.83. The van der Waals surface area contributed by atoms with Crippen LogP contribution in [-0.2, 0) is 6.54 Å². The summed E-state index contributed by atoms with van der Waals surface area (Å²) in [5.74, 6) is 1.74. The fourth-order valence-electron chi connectivity index (χ4n) is 3.48. The number of aromatic nitrogens is 5. The highest BCUT2D eigenvalue weighted by atomic mass is 19.1. The molecule has 0 bridgehead atoms. The van der Waals surface area contributed by atoms with Crippen molar-refractivity contribution in [3.8, 4) is 17.3 Å². The number of rotatable bonds is 6. The highest BCUT2D eigenvalue weighted by molar-refractivity contribution is 5.92. The van der Waals surface area contributed by atoms with Crippen molar-refractivity contribution in [3.63, 3.8) is 0 Å². The van der Waals surface area contributed by atoms with Crippen molar-refractivity contribution < 1.29 is 9.13 Å². The third-order valence-electron chi connectivity index (χ3n) is 5.03. The van der Waals surface area contributed by atoms with Gasteiger partial charge < -0.3 is 10.1 Å². The Bertz CT molecular complexity index is 1390. The zero-order valence-electron chi connectivity index (χ0n) is 17.2. The number of benzene rings is 2. The summed E-state index contributed by atoms with van der Waals surface area (Å²) in [4.78, 5) is 13.4. The van der Waals surface area contributed by atoms with Gasteiger partial charge in [-0.05, 0) is 24.3 Å². The summed E-state index contributed by atoms with van der Waals surface area (Å²) < 4.78 is 21.4. The predicted molar refractivity (Wildman–Crippen MR) is 120 cm³/mol. The van der Waals surface area contributed by atoms with Gasteiger partial charge in [-0.15, -0.1) is 0 Å². The van der Waals surface area contributed by atoms with E-state index in [0.717, 1.165) is 10.9 Å². The normalized spacial score (nSPS) is 10.9. The van der Waals surface area contributed by atoms with Gasteiger partial charge in [0.2, 0.25) is 0 Å². The maximum Gasteiger partial charge on any atom is 0.183 e. The molecule has 0 saturated carbocycles. The van der Waals surface area contributed by atoms with Crippen LogP contribution in [0.25, 0.3) is 22.4 Å². The Balaban J connectivity index is 1.59. The van der Waals surface area contributed by atoms with Crippen LogP contribution in [0.1, 0.15) is 5.56 Å². The number of ether oxygens (including phenoxy) is 1. The highest BCUT2D eigenvalue weighted by Gasteiger charge is 2.18.